The molecule has 3 aromatic carbocycles. The van der Waals surface area contributed by atoms with Crippen LogP contribution in [0.25, 0.3) is 10.9 Å². The Morgan fingerprint density at radius 3 is 2.56 bits per heavy atom. The number of fused-ring (bicyclic) bond motifs is 2. The predicted octanol–water partition coefficient (Wildman–Crippen LogP) is 5.25. The van der Waals surface area contributed by atoms with E-state index in [1.807, 2.05) is 104 Å². The number of carbonyl (C=O) groups excluding carboxylic acids is 3. The summed E-state index contributed by atoms with van der Waals surface area (Å²) < 4.78 is 6.06. The van der Waals surface area contributed by atoms with Crippen molar-refractivity contribution in [3.05, 3.63) is 100 Å². The lowest BCUT2D eigenvalue weighted by atomic mass is 9.91. The molecule has 2 atom stereocenters. The zero-order valence-electron chi connectivity index (χ0n) is 27.9. The van der Waals surface area contributed by atoms with E-state index in [0.29, 0.717) is 43.9 Å². The highest BCUT2D eigenvalue weighted by atomic mass is 35.5. The second kappa shape index (κ2) is 14.9. The van der Waals surface area contributed by atoms with Gasteiger partial charge >= 0.3 is 0 Å². The zero-order valence-corrected chi connectivity index (χ0v) is 28.6. The van der Waals surface area contributed by atoms with Gasteiger partial charge in [-0.1, -0.05) is 48.0 Å². The molecule has 0 aliphatic carbocycles. The second-order valence-corrected chi connectivity index (χ2v) is 13.8. The van der Waals surface area contributed by atoms with Crippen molar-refractivity contribution in [3.8, 4) is 0 Å². The lowest BCUT2D eigenvalue weighted by molar-refractivity contribution is -0.132. The number of benzene rings is 3. The minimum Gasteiger partial charge on any atom is -0.368 e. The van der Waals surface area contributed by atoms with Gasteiger partial charge in [-0.2, -0.15) is 0 Å². The number of likely N-dealkylation sites (tertiary alicyclic amines) is 1. The fourth-order valence-electron chi connectivity index (χ4n) is 7.11. The average Bonchev–Trinajstić information content (AvgIpc) is 3.48. The van der Waals surface area contributed by atoms with Gasteiger partial charge in [0.25, 0.3) is 5.91 Å². The number of rotatable bonds is 10. The molecule has 1 fully saturated rings. The summed E-state index contributed by atoms with van der Waals surface area (Å²) in [5.74, 6) is -0.267. The van der Waals surface area contributed by atoms with Crippen molar-refractivity contribution in [3.63, 3.8) is 0 Å². The second-order valence-electron chi connectivity index (χ2n) is 13.4. The molecular formula is C38H44ClN5O4. The van der Waals surface area contributed by atoms with Crippen LogP contribution >= 0.6 is 11.6 Å². The standard InChI is InChI=1S/C38H44ClN5O4/c1-25-8-4-5-9-31(25)37(46)43-16-14-30(15-17-43)48-24-36(45)41-34(20-28-21-40-33-11-7-6-10-32(28)33)38(47)44-23-26(22-42(2)3)18-27-19-29(39)12-13-35(27)44/h4-13,19,21,26,30,34,40H,14-18,20,22-24H2,1-3H3,(H,41,45)/t26-,34-/m1/s1. The number of carbonyl (C=O) groups is 3. The van der Waals surface area contributed by atoms with E-state index in [4.69, 9.17) is 16.3 Å². The molecule has 4 aromatic rings. The van der Waals surface area contributed by atoms with Crippen LogP contribution in [0.3, 0.4) is 0 Å². The Hall–Kier alpha value is -4.18. The summed E-state index contributed by atoms with van der Waals surface area (Å²) in [7, 11) is 4.07. The molecule has 0 radical (unpaired) electrons. The molecule has 10 heteroatoms. The first-order valence-electron chi connectivity index (χ1n) is 16.7. The molecule has 3 heterocycles. The third kappa shape index (κ3) is 7.75. The number of H-pyrrole nitrogens is 1. The van der Waals surface area contributed by atoms with Gasteiger partial charge in [-0.15, -0.1) is 0 Å². The number of nitrogens with one attached hydrogen (secondary N) is 2. The van der Waals surface area contributed by atoms with Gasteiger partial charge in [-0.25, -0.2) is 0 Å². The lowest BCUT2D eigenvalue weighted by Gasteiger charge is -2.37. The third-order valence-electron chi connectivity index (χ3n) is 9.46. The molecule has 1 saturated heterocycles. The molecule has 3 amide bonds. The van der Waals surface area contributed by atoms with Crippen LogP contribution in [0.2, 0.25) is 5.02 Å². The first kappa shape index (κ1) is 33.7. The summed E-state index contributed by atoms with van der Waals surface area (Å²) in [5, 5.41) is 4.69. The fourth-order valence-corrected chi connectivity index (χ4v) is 7.30. The first-order chi connectivity index (χ1) is 23.2. The largest absolute Gasteiger partial charge is 0.368 e. The van der Waals surface area contributed by atoms with Gasteiger partial charge in [0.15, 0.2) is 0 Å². The molecule has 0 bridgehead atoms. The van der Waals surface area contributed by atoms with Crippen LogP contribution in [0.1, 0.15) is 39.9 Å². The van der Waals surface area contributed by atoms with Crippen molar-refractivity contribution in [1.29, 1.82) is 0 Å². The topological polar surface area (TPSA) is 98.0 Å². The summed E-state index contributed by atoms with van der Waals surface area (Å²) in [5.41, 5.74) is 5.47. The molecule has 2 aliphatic heterocycles. The molecule has 2 N–H and O–H groups in total. The Kier molecular flexibility index (Phi) is 10.5. The Morgan fingerprint density at radius 1 is 1.04 bits per heavy atom. The number of anilines is 1. The van der Waals surface area contributed by atoms with Crippen molar-refractivity contribution in [1.82, 2.24) is 20.1 Å². The number of piperidine rings is 1. The first-order valence-corrected chi connectivity index (χ1v) is 17.1. The molecular weight excluding hydrogens is 626 g/mol. The lowest BCUT2D eigenvalue weighted by Crippen LogP contribution is -2.54. The van der Waals surface area contributed by atoms with Crippen LogP contribution in [0.4, 0.5) is 5.69 Å². The highest BCUT2D eigenvalue weighted by molar-refractivity contribution is 6.30. The van der Waals surface area contributed by atoms with Crippen LogP contribution in [0.5, 0.6) is 0 Å². The summed E-state index contributed by atoms with van der Waals surface area (Å²) in [6.07, 6.45) is 4.20. The van der Waals surface area contributed by atoms with E-state index >= 15 is 0 Å². The number of aromatic nitrogens is 1. The number of halogens is 1. The van der Waals surface area contributed by atoms with Crippen molar-refractivity contribution in [2.75, 3.05) is 51.8 Å². The quantitative estimate of drug-likeness (QED) is 0.241. The van der Waals surface area contributed by atoms with Gasteiger partial charge in [0.05, 0.1) is 6.10 Å². The number of aromatic amines is 1. The fraction of sp³-hybridized carbons (Fsp3) is 0.395. The normalized spacial score (nSPS) is 17.4. The summed E-state index contributed by atoms with van der Waals surface area (Å²) in [6, 6.07) is 20.4. The Bertz CT molecular complexity index is 1780. The number of aryl methyl sites for hydroxylation is 1. The van der Waals surface area contributed by atoms with Gasteiger partial charge in [-0.05, 0) is 93.2 Å². The molecule has 1 aromatic heterocycles. The van der Waals surface area contributed by atoms with E-state index in [9.17, 15) is 14.4 Å². The highest BCUT2D eigenvalue weighted by Gasteiger charge is 2.34. The summed E-state index contributed by atoms with van der Waals surface area (Å²) >= 11 is 6.39. The minimum atomic E-state index is -0.810. The summed E-state index contributed by atoms with van der Waals surface area (Å²) in [4.78, 5) is 50.1. The predicted molar refractivity (Wildman–Crippen MR) is 190 cm³/mol. The van der Waals surface area contributed by atoms with Crippen LogP contribution in [-0.2, 0) is 27.2 Å². The van der Waals surface area contributed by atoms with E-state index in [2.05, 4.69) is 15.2 Å². The minimum absolute atomic E-state index is 0.0253. The molecule has 0 spiro atoms. The number of hydrogen-bond acceptors (Lipinski definition) is 5. The van der Waals surface area contributed by atoms with Gasteiger partial charge in [0.1, 0.15) is 12.6 Å². The van der Waals surface area contributed by atoms with Crippen molar-refractivity contribution >= 4 is 45.9 Å². The SMILES string of the molecule is Cc1ccccc1C(=O)N1CCC(OCC(=O)N[C@H](Cc2c[nH]c3ccccc23)C(=O)N2C[C@@H](CN(C)C)Cc3cc(Cl)ccc32)CC1. The van der Waals surface area contributed by atoms with Crippen LogP contribution in [0, 0.1) is 12.8 Å². The molecule has 48 heavy (non-hydrogen) atoms. The number of amides is 3. The van der Waals surface area contributed by atoms with E-state index < -0.39 is 6.04 Å². The number of para-hydroxylation sites is 1. The molecule has 0 unspecified atom stereocenters. The maximum absolute atomic E-state index is 14.5. The van der Waals surface area contributed by atoms with Crippen molar-refractivity contribution in [2.24, 2.45) is 5.92 Å². The summed E-state index contributed by atoms with van der Waals surface area (Å²) in [6.45, 7) is 4.27. The van der Waals surface area contributed by atoms with E-state index in [1.54, 1.807) is 0 Å². The highest BCUT2D eigenvalue weighted by Crippen LogP contribution is 2.33. The van der Waals surface area contributed by atoms with Crippen molar-refractivity contribution < 1.29 is 19.1 Å². The van der Waals surface area contributed by atoms with Gasteiger partial charge in [0, 0.05) is 66.0 Å². The van der Waals surface area contributed by atoms with E-state index in [1.165, 1.54) is 0 Å². The number of nitrogens with zero attached hydrogens (tertiary/aromatic N) is 3. The Morgan fingerprint density at radius 2 is 1.79 bits per heavy atom. The molecule has 6 rings (SSSR count). The van der Waals surface area contributed by atoms with Gasteiger partial charge in [-0.3, -0.25) is 14.4 Å². The zero-order chi connectivity index (χ0) is 33.8. The van der Waals surface area contributed by atoms with Crippen LogP contribution in [-0.4, -0.2) is 91.5 Å². The van der Waals surface area contributed by atoms with Crippen LogP contribution < -0.4 is 10.2 Å². The maximum Gasteiger partial charge on any atom is 0.254 e. The molecule has 0 saturated carbocycles. The van der Waals surface area contributed by atoms with Gasteiger partial charge in [0.2, 0.25) is 11.8 Å². The molecule has 9 nitrogen and oxygen atoms in total. The molecule has 252 valence electrons. The average molecular weight is 670 g/mol. The van der Waals surface area contributed by atoms with E-state index in [0.717, 1.165) is 51.8 Å². The van der Waals surface area contributed by atoms with E-state index in [-0.39, 0.29) is 36.4 Å². The van der Waals surface area contributed by atoms with Crippen LogP contribution in [0.15, 0.2) is 72.9 Å². The maximum atomic E-state index is 14.5. The smallest absolute Gasteiger partial charge is 0.254 e. The third-order valence-corrected chi connectivity index (χ3v) is 9.69. The Labute approximate surface area is 287 Å². The Balaban J connectivity index is 1.15. The van der Waals surface area contributed by atoms with Gasteiger partial charge < -0.3 is 29.7 Å². The van der Waals surface area contributed by atoms with Crippen molar-refractivity contribution in [2.45, 2.75) is 44.8 Å². The number of hydrogen-bond donors (Lipinski definition) is 2. The monoisotopic (exact) mass is 669 g/mol. The molecule has 2 aliphatic rings. The number of ether oxygens (including phenoxy) is 1.